The van der Waals surface area contributed by atoms with Crippen LogP contribution in [0.4, 0.5) is 0 Å². The van der Waals surface area contributed by atoms with Gasteiger partial charge in [0.25, 0.3) is 0 Å². The quantitative estimate of drug-likeness (QED) is 0.823. The van der Waals surface area contributed by atoms with E-state index in [0.717, 1.165) is 0 Å². The monoisotopic (exact) mass is 352 g/mol. The molecule has 21 heavy (non-hydrogen) atoms. The SMILES string of the molecule is CNCc1cc(S(=O)(=O)NC2CC(OC)C2)c(Cl)cc1Cl. The molecule has 0 heterocycles. The second kappa shape index (κ2) is 6.81. The Labute approximate surface area is 135 Å². The number of methoxy groups -OCH3 is 1. The maximum atomic E-state index is 12.4. The van der Waals surface area contributed by atoms with Gasteiger partial charge in [-0.25, -0.2) is 13.1 Å². The van der Waals surface area contributed by atoms with Gasteiger partial charge in [0, 0.05) is 24.7 Å². The highest BCUT2D eigenvalue weighted by Gasteiger charge is 2.33. The molecule has 0 unspecified atom stereocenters. The molecule has 118 valence electrons. The van der Waals surface area contributed by atoms with E-state index in [2.05, 4.69) is 10.0 Å². The van der Waals surface area contributed by atoms with Crippen molar-refractivity contribution in [1.82, 2.24) is 10.0 Å². The average Bonchev–Trinajstić information content (AvgIpc) is 2.36. The first-order valence-electron chi connectivity index (χ1n) is 6.55. The Balaban J connectivity index is 2.21. The Morgan fingerprint density at radius 3 is 2.52 bits per heavy atom. The van der Waals surface area contributed by atoms with E-state index >= 15 is 0 Å². The van der Waals surface area contributed by atoms with E-state index in [1.54, 1.807) is 14.2 Å². The van der Waals surface area contributed by atoms with Crippen LogP contribution in [0, 0.1) is 0 Å². The van der Waals surface area contributed by atoms with Crippen molar-refractivity contribution in [2.24, 2.45) is 0 Å². The average molecular weight is 353 g/mol. The minimum Gasteiger partial charge on any atom is -0.381 e. The minimum atomic E-state index is -3.66. The summed E-state index contributed by atoms with van der Waals surface area (Å²) in [5.41, 5.74) is 0.687. The highest BCUT2D eigenvalue weighted by molar-refractivity contribution is 7.89. The van der Waals surface area contributed by atoms with Gasteiger partial charge in [-0.05, 0) is 37.6 Å². The van der Waals surface area contributed by atoms with Crippen molar-refractivity contribution in [2.45, 2.75) is 36.4 Å². The molecule has 1 fully saturated rings. The highest BCUT2D eigenvalue weighted by atomic mass is 35.5. The summed E-state index contributed by atoms with van der Waals surface area (Å²) in [6.45, 7) is 0.466. The van der Waals surface area contributed by atoms with Crippen LogP contribution in [0.5, 0.6) is 0 Å². The first-order chi connectivity index (χ1) is 9.87. The number of nitrogens with one attached hydrogen (secondary N) is 2. The molecule has 1 aromatic rings. The van der Waals surface area contributed by atoms with Crippen LogP contribution in [-0.2, 0) is 21.3 Å². The van der Waals surface area contributed by atoms with Crippen LogP contribution >= 0.6 is 23.2 Å². The Morgan fingerprint density at radius 1 is 1.29 bits per heavy atom. The Kier molecular flexibility index (Phi) is 5.51. The van der Waals surface area contributed by atoms with Gasteiger partial charge >= 0.3 is 0 Å². The van der Waals surface area contributed by atoms with Crippen LogP contribution in [0.25, 0.3) is 0 Å². The topological polar surface area (TPSA) is 67.4 Å². The predicted molar refractivity (Wildman–Crippen MR) is 83.4 cm³/mol. The summed E-state index contributed by atoms with van der Waals surface area (Å²) < 4.78 is 32.6. The third-order valence-electron chi connectivity index (χ3n) is 3.51. The molecule has 1 saturated carbocycles. The number of sulfonamides is 1. The van der Waals surface area contributed by atoms with E-state index in [4.69, 9.17) is 27.9 Å². The molecule has 0 spiro atoms. The lowest BCUT2D eigenvalue weighted by Crippen LogP contribution is -2.47. The fraction of sp³-hybridized carbons (Fsp3) is 0.538. The third-order valence-corrected chi connectivity index (χ3v) is 5.84. The molecule has 0 bridgehead atoms. The maximum absolute atomic E-state index is 12.4. The molecule has 0 aromatic heterocycles. The Bertz CT molecular complexity index is 616. The number of ether oxygens (including phenoxy) is 1. The zero-order chi connectivity index (χ0) is 15.6. The van der Waals surface area contributed by atoms with Crippen LogP contribution in [0.1, 0.15) is 18.4 Å². The summed E-state index contributed by atoms with van der Waals surface area (Å²) >= 11 is 12.1. The van der Waals surface area contributed by atoms with Gasteiger partial charge in [-0.15, -0.1) is 0 Å². The fourth-order valence-corrected chi connectivity index (χ4v) is 4.37. The van der Waals surface area contributed by atoms with Crippen molar-refractivity contribution in [3.05, 3.63) is 27.7 Å². The van der Waals surface area contributed by atoms with Crippen LogP contribution in [0.2, 0.25) is 10.0 Å². The highest BCUT2D eigenvalue weighted by Crippen LogP contribution is 2.30. The van der Waals surface area contributed by atoms with E-state index in [1.807, 2.05) is 0 Å². The van der Waals surface area contributed by atoms with Crippen LogP contribution in [0.3, 0.4) is 0 Å². The van der Waals surface area contributed by atoms with Crippen molar-refractivity contribution in [2.75, 3.05) is 14.2 Å². The van der Waals surface area contributed by atoms with Gasteiger partial charge in [0.15, 0.2) is 0 Å². The fourth-order valence-electron chi connectivity index (χ4n) is 2.24. The van der Waals surface area contributed by atoms with Gasteiger partial charge in [0.2, 0.25) is 10.0 Å². The van der Waals surface area contributed by atoms with Crippen LogP contribution < -0.4 is 10.0 Å². The molecule has 0 amide bonds. The summed E-state index contributed by atoms with van der Waals surface area (Å²) in [5.74, 6) is 0. The van der Waals surface area contributed by atoms with Gasteiger partial charge in [0.1, 0.15) is 4.90 Å². The van der Waals surface area contributed by atoms with Crippen molar-refractivity contribution in [1.29, 1.82) is 0 Å². The molecule has 2 rings (SSSR count). The number of hydrogen-bond donors (Lipinski definition) is 2. The lowest BCUT2D eigenvalue weighted by molar-refractivity contribution is 0.0236. The molecular weight excluding hydrogens is 335 g/mol. The van der Waals surface area contributed by atoms with Gasteiger partial charge in [-0.1, -0.05) is 23.2 Å². The molecule has 0 radical (unpaired) electrons. The van der Waals surface area contributed by atoms with E-state index < -0.39 is 10.0 Å². The third kappa shape index (κ3) is 3.88. The molecule has 1 aliphatic carbocycles. The predicted octanol–water partition coefficient (Wildman–Crippen LogP) is 2.17. The Morgan fingerprint density at radius 2 is 1.95 bits per heavy atom. The summed E-state index contributed by atoms with van der Waals surface area (Å²) in [7, 11) is -0.283. The molecular formula is C13H18Cl2N2O3S. The van der Waals surface area contributed by atoms with Gasteiger partial charge < -0.3 is 10.1 Å². The molecule has 0 aliphatic heterocycles. The molecule has 0 saturated heterocycles. The smallest absolute Gasteiger partial charge is 0.242 e. The Hall–Kier alpha value is -0.370. The molecule has 1 aliphatic rings. The lowest BCUT2D eigenvalue weighted by atomic mass is 9.90. The second-order valence-corrected chi connectivity index (χ2v) is 7.55. The van der Waals surface area contributed by atoms with Crippen molar-refractivity contribution >= 4 is 33.2 Å². The van der Waals surface area contributed by atoms with Gasteiger partial charge in [0.05, 0.1) is 11.1 Å². The van der Waals surface area contributed by atoms with Crippen molar-refractivity contribution in [3.8, 4) is 0 Å². The largest absolute Gasteiger partial charge is 0.381 e. The minimum absolute atomic E-state index is 0.0553. The zero-order valence-corrected chi connectivity index (χ0v) is 14.1. The zero-order valence-electron chi connectivity index (χ0n) is 11.8. The number of benzene rings is 1. The first-order valence-corrected chi connectivity index (χ1v) is 8.79. The molecule has 0 atom stereocenters. The van der Waals surface area contributed by atoms with Crippen LogP contribution in [-0.4, -0.2) is 34.7 Å². The summed E-state index contributed by atoms with van der Waals surface area (Å²) in [6, 6.07) is 2.86. The van der Waals surface area contributed by atoms with E-state index in [1.165, 1.54) is 12.1 Å². The lowest BCUT2D eigenvalue weighted by Gasteiger charge is -2.34. The molecule has 8 heteroatoms. The van der Waals surface area contributed by atoms with E-state index in [-0.39, 0.29) is 22.1 Å². The molecule has 1 aromatic carbocycles. The summed E-state index contributed by atoms with van der Waals surface area (Å²) in [4.78, 5) is 0.0553. The number of hydrogen-bond acceptors (Lipinski definition) is 4. The normalized spacial score (nSPS) is 22.1. The van der Waals surface area contributed by atoms with Crippen molar-refractivity contribution in [3.63, 3.8) is 0 Å². The maximum Gasteiger partial charge on any atom is 0.242 e. The second-order valence-electron chi connectivity index (χ2n) is 5.05. The number of rotatable bonds is 6. The summed E-state index contributed by atoms with van der Waals surface area (Å²) in [6.07, 6.45) is 1.47. The van der Waals surface area contributed by atoms with Gasteiger partial charge in [-0.3, -0.25) is 0 Å². The first kappa shape index (κ1) is 17.0. The standard InChI is InChI=1S/C13H18Cl2N2O3S/c1-16-7-8-3-13(12(15)6-11(8)14)21(18,19)17-9-4-10(5-9)20-2/h3,6,9-10,16-17H,4-5,7H2,1-2H3. The van der Waals surface area contributed by atoms with E-state index in [0.29, 0.717) is 30.0 Å². The number of halogens is 2. The van der Waals surface area contributed by atoms with Crippen molar-refractivity contribution < 1.29 is 13.2 Å². The summed E-state index contributed by atoms with van der Waals surface area (Å²) in [5, 5.41) is 3.50. The molecule has 2 N–H and O–H groups in total. The van der Waals surface area contributed by atoms with E-state index in [9.17, 15) is 8.42 Å². The van der Waals surface area contributed by atoms with Gasteiger partial charge in [-0.2, -0.15) is 0 Å². The molecule has 5 nitrogen and oxygen atoms in total. The van der Waals surface area contributed by atoms with Crippen LogP contribution in [0.15, 0.2) is 17.0 Å².